The van der Waals surface area contributed by atoms with E-state index in [1.54, 1.807) is 23.1 Å². The number of hydrogen-bond donors (Lipinski definition) is 0. The molecular weight excluding hydrogens is 234 g/mol. The lowest BCUT2D eigenvalue weighted by atomic mass is 10.2. The molecule has 0 saturated carbocycles. The van der Waals surface area contributed by atoms with E-state index in [0.29, 0.717) is 6.04 Å². The van der Waals surface area contributed by atoms with E-state index in [1.165, 1.54) is 9.75 Å². The van der Waals surface area contributed by atoms with Crippen molar-refractivity contribution >= 4 is 33.7 Å². The molecule has 0 bridgehead atoms. The van der Waals surface area contributed by atoms with E-state index in [-0.39, 0.29) is 0 Å². The number of aryl methyl sites for hydroxylation is 1. The molecule has 0 unspecified atom stereocenters. The van der Waals surface area contributed by atoms with Gasteiger partial charge in [-0.3, -0.25) is 4.99 Å². The summed E-state index contributed by atoms with van der Waals surface area (Å²) >= 11 is 3.41. The molecule has 1 aromatic heterocycles. The minimum Gasteiger partial charge on any atom is -0.274 e. The molecule has 1 rings (SSSR count). The van der Waals surface area contributed by atoms with E-state index in [9.17, 15) is 0 Å². The van der Waals surface area contributed by atoms with Crippen LogP contribution in [0.3, 0.4) is 0 Å². The van der Waals surface area contributed by atoms with E-state index in [0.717, 1.165) is 10.6 Å². The third kappa shape index (κ3) is 3.38. The van der Waals surface area contributed by atoms with Crippen LogP contribution in [0.5, 0.6) is 0 Å². The highest BCUT2D eigenvalue weighted by Crippen LogP contribution is 2.27. The first kappa shape index (κ1) is 13.3. The maximum atomic E-state index is 4.60. The first-order chi connectivity index (χ1) is 7.58. The lowest BCUT2D eigenvalue weighted by Crippen LogP contribution is -2.00. The van der Waals surface area contributed by atoms with Crippen molar-refractivity contribution in [3.05, 3.63) is 34.2 Å². The smallest absolute Gasteiger partial charge is 0.107 e. The fourth-order valence-electron chi connectivity index (χ4n) is 1.29. The van der Waals surface area contributed by atoms with Gasteiger partial charge < -0.3 is 0 Å². The highest BCUT2D eigenvalue weighted by Gasteiger charge is 2.10. The summed E-state index contributed by atoms with van der Waals surface area (Å²) in [4.78, 5) is 7.09. The maximum absolute atomic E-state index is 4.60. The zero-order valence-electron chi connectivity index (χ0n) is 10.2. The standard InChI is InChI=1S/C13H17NS2/c1-6-11(12-8-7-10(4)16-12)13(15-5)14-9(2)3/h7-9H,1H2,2-5H3. The predicted molar refractivity (Wildman–Crippen MR) is 77.7 cm³/mol. The molecule has 0 aromatic carbocycles. The normalized spacial score (nSPS) is 11.7. The van der Waals surface area contributed by atoms with Gasteiger partial charge in [0.15, 0.2) is 0 Å². The van der Waals surface area contributed by atoms with Gasteiger partial charge in [-0.1, -0.05) is 6.58 Å². The second-order valence-electron chi connectivity index (χ2n) is 3.69. The third-order valence-electron chi connectivity index (χ3n) is 1.95. The lowest BCUT2D eigenvalue weighted by molar-refractivity contribution is 0.841. The summed E-state index contributed by atoms with van der Waals surface area (Å²) < 4.78 is 0. The van der Waals surface area contributed by atoms with Gasteiger partial charge in [-0.05, 0) is 39.2 Å². The highest BCUT2D eigenvalue weighted by molar-refractivity contribution is 8.14. The Kier molecular flexibility index (Phi) is 5.07. The van der Waals surface area contributed by atoms with E-state index in [2.05, 4.69) is 50.2 Å². The first-order valence-electron chi connectivity index (χ1n) is 5.17. The van der Waals surface area contributed by atoms with E-state index < -0.39 is 0 Å². The predicted octanol–water partition coefficient (Wildman–Crippen LogP) is 4.39. The number of rotatable bonds is 3. The monoisotopic (exact) mass is 251 g/mol. The molecule has 0 atom stereocenters. The van der Waals surface area contributed by atoms with Crippen LogP contribution < -0.4 is 0 Å². The topological polar surface area (TPSA) is 12.4 Å². The Morgan fingerprint density at radius 1 is 1.50 bits per heavy atom. The Morgan fingerprint density at radius 2 is 2.19 bits per heavy atom. The van der Waals surface area contributed by atoms with Crippen LogP contribution in [0.1, 0.15) is 23.6 Å². The largest absolute Gasteiger partial charge is 0.274 e. The second-order valence-corrected chi connectivity index (χ2v) is 5.78. The molecule has 0 aliphatic rings. The maximum Gasteiger partial charge on any atom is 0.107 e. The summed E-state index contributed by atoms with van der Waals surface area (Å²) in [5.74, 6) is 0. The summed E-state index contributed by atoms with van der Waals surface area (Å²) in [7, 11) is 0. The molecule has 1 aromatic rings. The number of thioether (sulfide) groups is 1. The van der Waals surface area contributed by atoms with Crippen molar-refractivity contribution in [1.29, 1.82) is 0 Å². The van der Waals surface area contributed by atoms with Crippen LogP contribution >= 0.6 is 23.1 Å². The van der Waals surface area contributed by atoms with E-state index >= 15 is 0 Å². The van der Waals surface area contributed by atoms with Gasteiger partial charge in [-0.25, -0.2) is 0 Å². The third-order valence-corrected chi connectivity index (χ3v) is 3.66. The molecule has 0 fully saturated rings. The average molecular weight is 251 g/mol. The molecule has 0 aliphatic carbocycles. The van der Waals surface area contributed by atoms with Crippen LogP contribution in [0.25, 0.3) is 5.57 Å². The van der Waals surface area contributed by atoms with E-state index in [4.69, 9.17) is 0 Å². The number of hydrogen-bond acceptors (Lipinski definition) is 3. The molecular formula is C13H17NS2. The lowest BCUT2D eigenvalue weighted by Gasteiger charge is -2.06. The van der Waals surface area contributed by atoms with Crippen molar-refractivity contribution in [1.82, 2.24) is 0 Å². The number of aliphatic imine (C=N–C) groups is 1. The quantitative estimate of drug-likeness (QED) is 0.441. The van der Waals surface area contributed by atoms with Gasteiger partial charge in [0.1, 0.15) is 5.04 Å². The van der Waals surface area contributed by atoms with Crippen LogP contribution in [0.4, 0.5) is 0 Å². The first-order valence-corrected chi connectivity index (χ1v) is 7.21. The van der Waals surface area contributed by atoms with Gasteiger partial charge in [-0.15, -0.1) is 28.8 Å². The van der Waals surface area contributed by atoms with Gasteiger partial charge in [-0.2, -0.15) is 0 Å². The van der Waals surface area contributed by atoms with Crippen molar-refractivity contribution in [2.45, 2.75) is 26.8 Å². The molecule has 3 heteroatoms. The van der Waals surface area contributed by atoms with Gasteiger partial charge in [0.25, 0.3) is 0 Å². The molecule has 1 heterocycles. The summed E-state index contributed by atoms with van der Waals surface area (Å²) in [5, 5.41) is 1.02. The van der Waals surface area contributed by atoms with Crippen LogP contribution in [0, 0.1) is 6.92 Å². The van der Waals surface area contributed by atoms with Crippen LogP contribution in [-0.2, 0) is 0 Å². The minimum absolute atomic E-state index is 0.298. The SMILES string of the molecule is C=C=C(C(=NC(C)C)SC)c1ccc(C)s1. The molecule has 86 valence electrons. The summed E-state index contributed by atoms with van der Waals surface area (Å²) in [6.07, 6.45) is 2.04. The van der Waals surface area contributed by atoms with Gasteiger partial charge >= 0.3 is 0 Å². The molecule has 0 N–H and O–H groups in total. The molecule has 16 heavy (non-hydrogen) atoms. The van der Waals surface area contributed by atoms with Crippen molar-refractivity contribution in [3.63, 3.8) is 0 Å². The Morgan fingerprint density at radius 3 is 2.56 bits per heavy atom. The van der Waals surface area contributed by atoms with Crippen LogP contribution in [-0.4, -0.2) is 17.3 Å². The molecule has 0 saturated heterocycles. The minimum atomic E-state index is 0.298. The zero-order valence-corrected chi connectivity index (χ0v) is 11.8. The molecule has 0 aliphatic heterocycles. The van der Waals surface area contributed by atoms with Crippen molar-refractivity contribution in [2.75, 3.05) is 6.26 Å². The van der Waals surface area contributed by atoms with Gasteiger partial charge in [0.2, 0.25) is 0 Å². The Hall–Kier alpha value is -0.760. The summed E-state index contributed by atoms with van der Waals surface area (Å²) in [6, 6.07) is 4.52. The average Bonchev–Trinajstić information content (AvgIpc) is 2.64. The van der Waals surface area contributed by atoms with Crippen LogP contribution in [0.2, 0.25) is 0 Å². The van der Waals surface area contributed by atoms with Crippen LogP contribution in [0.15, 0.2) is 29.4 Å². The zero-order chi connectivity index (χ0) is 12.1. The van der Waals surface area contributed by atoms with Crippen molar-refractivity contribution in [2.24, 2.45) is 4.99 Å². The summed E-state index contributed by atoms with van der Waals surface area (Å²) in [5.41, 5.74) is 4.04. The molecule has 0 spiro atoms. The number of nitrogens with zero attached hydrogens (tertiary/aromatic N) is 1. The van der Waals surface area contributed by atoms with Gasteiger partial charge in [0, 0.05) is 15.8 Å². The molecule has 1 nitrogen and oxygen atoms in total. The van der Waals surface area contributed by atoms with Crippen molar-refractivity contribution < 1.29 is 0 Å². The molecule has 0 radical (unpaired) electrons. The number of thiophene rings is 1. The summed E-state index contributed by atoms with van der Waals surface area (Å²) in [6.45, 7) is 10.0. The van der Waals surface area contributed by atoms with Crippen molar-refractivity contribution in [3.8, 4) is 0 Å². The fourth-order valence-corrected chi connectivity index (χ4v) is 2.95. The Balaban J connectivity index is 3.12. The fraction of sp³-hybridized carbons (Fsp3) is 0.385. The molecule has 0 amide bonds. The second kappa shape index (κ2) is 6.09. The van der Waals surface area contributed by atoms with Gasteiger partial charge in [0.05, 0.1) is 5.57 Å². The highest BCUT2D eigenvalue weighted by atomic mass is 32.2. The van der Waals surface area contributed by atoms with E-state index in [1.807, 2.05) is 6.26 Å². The Labute approximate surface area is 106 Å². The Bertz CT molecular complexity index is 435.